The van der Waals surface area contributed by atoms with Gasteiger partial charge in [0.25, 0.3) is 0 Å². The molecular formula is C12H18N2O. The van der Waals surface area contributed by atoms with Gasteiger partial charge in [0, 0.05) is 13.1 Å². The van der Waals surface area contributed by atoms with Gasteiger partial charge in [-0.3, -0.25) is 0 Å². The molecule has 15 heavy (non-hydrogen) atoms. The third-order valence-corrected chi connectivity index (χ3v) is 2.31. The monoisotopic (exact) mass is 206 g/mol. The molecule has 0 heterocycles. The zero-order valence-corrected chi connectivity index (χ0v) is 9.29. The van der Waals surface area contributed by atoms with Crippen LogP contribution in [0.1, 0.15) is 18.9 Å². The minimum atomic E-state index is -0.115. The zero-order valence-electron chi connectivity index (χ0n) is 9.29. The number of urea groups is 1. The third kappa shape index (κ3) is 4.49. The molecule has 1 unspecified atom stereocenters. The predicted molar refractivity (Wildman–Crippen MR) is 61.8 cm³/mol. The molecule has 0 aliphatic rings. The summed E-state index contributed by atoms with van der Waals surface area (Å²) in [6, 6.07) is 10.4. The van der Waals surface area contributed by atoms with E-state index in [-0.39, 0.29) is 12.1 Å². The van der Waals surface area contributed by atoms with Gasteiger partial charge in [-0.05, 0) is 25.3 Å². The van der Waals surface area contributed by atoms with Crippen LogP contribution in [0.4, 0.5) is 4.79 Å². The molecule has 0 bridgehead atoms. The molecule has 0 aliphatic heterocycles. The Bertz CT molecular complexity index is 298. The average Bonchev–Trinajstić information content (AvgIpc) is 2.27. The highest BCUT2D eigenvalue weighted by atomic mass is 16.2. The van der Waals surface area contributed by atoms with E-state index < -0.39 is 0 Å². The van der Waals surface area contributed by atoms with Crippen molar-refractivity contribution in [2.45, 2.75) is 25.8 Å². The minimum absolute atomic E-state index is 0.115. The van der Waals surface area contributed by atoms with Gasteiger partial charge in [0.15, 0.2) is 0 Å². The predicted octanol–water partition coefficient (Wildman–Crippen LogP) is 1.94. The van der Waals surface area contributed by atoms with Crippen molar-refractivity contribution in [1.82, 2.24) is 10.6 Å². The molecule has 2 N–H and O–H groups in total. The molecule has 2 amide bonds. The summed E-state index contributed by atoms with van der Waals surface area (Å²) >= 11 is 0. The number of carbonyl (C=O) groups is 1. The van der Waals surface area contributed by atoms with Crippen LogP contribution in [-0.2, 0) is 6.42 Å². The van der Waals surface area contributed by atoms with Crippen molar-refractivity contribution in [2.75, 3.05) is 7.05 Å². The van der Waals surface area contributed by atoms with Gasteiger partial charge in [0.1, 0.15) is 0 Å². The van der Waals surface area contributed by atoms with Crippen LogP contribution in [0.25, 0.3) is 0 Å². The van der Waals surface area contributed by atoms with Crippen LogP contribution < -0.4 is 10.6 Å². The second-order valence-electron chi connectivity index (χ2n) is 3.65. The van der Waals surface area contributed by atoms with Crippen LogP contribution in [0.2, 0.25) is 0 Å². The smallest absolute Gasteiger partial charge is 0.314 e. The quantitative estimate of drug-likeness (QED) is 0.776. The van der Waals surface area contributed by atoms with Crippen molar-refractivity contribution in [3.05, 3.63) is 35.9 Å². The molecule has 0 aromatic heterocycles. The first-order valence-electron chi connectivity index (χ1n) is 5.24. The van der Waals surface area contributed by atoms with Crippen molar-refractivity contribution in [3.8, 4) is 0 Å². The first-order valence-corrected chi connectivity index (χ1v) is 5.24. The van der Waals surface area contributed by atoms with Crippen LogP contribution in [0.3, 0.4) is 0 Å². The van der Waals surface area contributed by atoms with Gasteiger partial charge in [0.05, 0.1) is 0 Å². The molecule has 1 rings (SSSR count). The number of hydrogen-bond acceptors (Lipinski definition) is 1. The molecular weight excluding hydrogens is 188 g/mol. The number of amides is 2. The summed E-state index contributed by atoms with van der Waals surface area (Å²) in [4.78, 5) is 11.0. The van der Waals surface area contributed by atoms with Gasteiger partial charge < -0.3 is 10.6 Å². The summed E-state index contributed by atoms with van der Waals surface area (Å²) < 4.78 is 0. The Labute approximate surface area is 90.9 Å². The molecule has 0 radical (unpaired) electrons. The second kappa shape index (κ2) is 6.06. The largest absolute Gasteiger partial charge is 0.341 e. The van der Waals surface area contributed by atoms with E-state index in [0.717, 1.165) is 12.8 Å². The third-order valence-electron chi connectivity index (χ3n) is 2.31. The Morgan fingerprint density at radius 3 is 2.60 bits per heavy atom. The fraction of sp³-hybridized carbons (Fsp3) is 0.417. The molecule has 0 fully saturated rings. The maximum absolute atomic E-state index is 11.0. The normalized spacial score (nSPS) is 11.9. The number of nitrogens with one attached hydrogen (secondary N) is 2. The molecule has 3 heteroatoms. The summed E-state index contributed by atoms with van der Waals surface area (Å²) in [6.45, 7) is 2.01. The van der Waals surface area contributed by atoms with E-state index in [2.05, 4.69) is 22.8 Å². The highest BCUT2D eigenvalue weighted by Gasteiger charge is 2.04. The van der Waals surface area contributed by atoms with E-state index >= 15 is 0 Å². The zero-order chi connectivity index (χ0) is 11.1. The van der Waals surface area contributed by atoms with Crippen LogP contribution in [0.15, 0.2) is 30.3 Å². The fourth-order valence-corrected chi connectivity index (χ4v) is 1.40. The second-order valence-corrected chi connectivity index (χ2v) is 3.65. The van der Waals surface area contributed by atoms with Gasteiger partial charge >= 0.3 is 6.03 Å². The van der Waals surface area contributed by atoms with E-state index in [4.69, 9.17) is 0 Å². The number of aryl methyl sites for hydroxylation is 1. The summed E-state index contributed by atoms with van der Waals surface area (Å²) in [7, 11) is 1.62. The van der Waals surface area contributed by atoms with Gasteiger partial charge in [-0.25, -0.2) is 4.79 Å². The van der Waals surface area contributed by atoms with E-state index in [1.165, 1.54) is 5.56 Å². The van der Waals surface area contributed by atoms with E-state index in [1.54, 1.807) is 7.05 Å². The lowest BCUT2D eigenvalue weighted by Crippen LogP contribution is -2.39. The Morgan fingerprint density at radius 2 is 2.00 bits per heavy atom. The van der Waals surface area contributed by atoms with Crippen molar-refractivity contribution < 1.29 is 4.79 Å². The summed E-state index contributed by atoms with van der Waals surface area (Å²) in [5, 5.41) is 5.39. The van der Waals surface area contributed by atoms with Crippen molar-refractivity contribution in [1.29, 1.82) is 0 Å². The fourth-order valence-electron chi connectivity index (χ4n) is 1.40. The number of benzene rings is 1. The summed E-state index contributed by atoms with van der Waals surface area (Å²) in [5.41, 5.74) is 1.31. The molecule has 1 atom stereocenters. The van der Waals surface area contributed by atoms with Gasteiger partial charge in [-0.1, -0.05) is 30.3 Å². The Hall–Kier alpha value is -1.51. The van der Waals surface area contributed by atoms with Gasteiger partial charge in [-0.15, -0.1) is 0 Å². The van der Waals surface area contributed by atoms with Gasteiger partial charge in [0.2, 0.25) is 0 Å². The Kier molecular flexibility index (Phi) is 4.68. The van der Waals surface area contributed by atoms with Crippen LogP contribution >= 0.6 is 0 Å². The number of carbonyl (C=O) groups excluding carboxylic acids is 1. The first-order chi connectivity index (χ1) is 7.22. The van der Waals surface area contributed by atoms with Gasteiger partial charge in [-0.2, -0.15) is 0 Å². The standard InChI is InChI=1S/C12H18N2O/c1-10(14-12(15)13-2)8-9-11-6-4-3-5-7-11/h3-7,10H,8-9H2,1-2H3,(H2,13,14,15). The number of rotatable bonds is 4. The van der Waals surface area contributed by atoms with Crippen LogP contribution in [0, 0.1) is 0 Å². The lowest BCUT2D eigenvalue weighted by Gasteiger charge is -2.13. The molecule has 1 aromatic rings. The topological polar surface area (TPSA) is 41.1 Å². The molecule has 0 aliphatic carbocycles. The molecule has 0 spiro atoms. The number of hydrogen-bond donors (Lipinski definition) is 2. The molecule has 0 saturated heterocycles. The average molecular weight is 206 g/mol. The van der Waals surface area contributed by atoms with Crippen molar-refractivity contribution in [2.24, 2.45) is 0 Å². The maximum Gasteiger partial charge on any atom is 0.314 e. The molecule has 1 aromatic carbocycles. The van der Waals surface area contributed by atoms with Crippen LogP contribution in [-0.4, -0.2) is 19.1 Å². The van der Waals surface area contributed by atoms with E-state index in [1.807, 2.05) is 25.1 Å². The highest BCUT2D eigenvalue weighted by molar-refractivity contribution is 5.73. The minimum Gasteiger partial charge on any atom is -0.341 e. The highest BCUT2D eigenvalue weighted by Crippen LogP contribution is 2.04. The lowest BCUT2D eigenvalue weighted by atomic mass is 10.1. The Balaban J connectivity index is 2.28. The summed E-state index contributed by atoms with van der Waals surface area (Å²) in [6.07, 6.45) is 1.95. The molecule has 3 nitrogen and oxygen atoms in total. The lowest BCUT2D eigenvalue weighted by molar-refractivity contribution is 0.239. The molecule has 0 saturated carbocycles. The Morgan fingerprint density at radius 1 is 1.33 bits per heavy atom. The SMILES string of the molecule is CNC(=O)NC(C)CCc1ccccc1. The molecule has 82 valence electrons. The summed E-state index contributed by atoms with van der Waals surface area (Å²) in [5.74, 6) is 0. The van der Waals surface area contributed by atoms with Crippen LogP contribution in [0.5, 0.6) is 0 Å². The van der Waals surface area contributed by atoms with E-state index in [9.17, 15) is 4.79 Å². The van der Waals surface area contributed by atoms with E-state index in [0.29, 0.717) is 0 Å². The first kappa shape index (κ1) is 11.6. The van der Waals surface area contributed by atoms with Crippen molar-refractivity contribution in [3.63, 3.8) is 0 Å². The maximum atomic E-state index is 11.0. The van der Waals surface area contributed by atoms with Crippen molar-refractivity contribution >= 4 is 6.03 Å².